The molecule has 1 saturated heterocycles. The number of nitrogens with zero attached hydrogens (tertiary/aromatic N) is 1. The number of hydrogen-bond acceptors (Lipinski definition) is 5. The van der Waals surface area contributed by atoms with Crippen LogP contribution in [-0.2, 0) is 19.2 Å². The monoisotopic (exact) mass is 251 g/mol. The van der Waals surface area contributed by atoms with E-state index < -0.39 is 28.1 Å². The minimum absolute atomic E-state index is 0.0216. The Bertz CT molecular complexity index is 370. The molecule has 1 aliphatic heterocycles. The zero-order valence-electron chi connectivity index (χ0n) is 9.89. The van der Waals surface area contributed by atoms with Gasteiger partial charge in [-0.15, -0.1) is 0 Å². The molecule has 0 saturated carbocycles. The first kappa shape index (κ1) is 13.2. The number of rotatable bonds is 1. The number of carbonyl (C=O) groups is 1. The molecule has 1 amide bonds. The van der Waals surface area contributed by atoms with Crippen LogP contribution in [0.15, 0.2) is 0 Å². The molecule has 0 aromatic carbocycles. The van der Waals surface area contributed by atoms with E-state index >= 15 is 0 Å². The van der Waals surface area contributed by atoms with Crippen molar-refractivity contribution < 1.29 is 22.1 Å². The van der Waals surface area contributed by atoms with Crippen LogP contribution < -0.4 is 0 Å². The van der Waals surface area contributed by atoms with Crippen molar-refractivity contribution in [3.05, 3.63) is 0 Å². The summed E-state index contributed by atoms with van der Waals surface area (Å²) in [6, 6.07) is 0. The maximum absolute atomic E-state index is 11.6. The van der Waals surface area contributed by atoms with Crippen molar-refractivity contribution in [3.8, 4) is 0 Å². The fraction of sp³-hybridized carbons (Fsp3) is 0.889. The second kappa shape index (κ2) is 4.21. The number of ether oxygens (including phenoxy) is 1. The van der Waals surface area contributed by atoms with Gasteiger partial charge >= 0.3 is 16.4 Å². The van der Waals surface area contributed by atoms with Crippen molar-refractivity contribution >= 4 is 16.4 Å². The first-order chi connectivity index (χ1) is 7.15. The molecule has 1 atom stereocenters. The Labute approximate surface area is 95.8 Å². The van der Waals surface area contributed by atoms with Crippen LogP contribution in [-0.4, -0.2) is 37.1 Å². The van der Waals surface area contributed by atoms with E-state index in [-0.39, 0.29) is 6.54 Å². The number of hydrogen-bond donors (Lipinski definition) is 0. The third kappa shape index (κ3) is 3.08. The van der Waals surface area contributed by atoms with Gasteiger partial charge in [0.05, 0.1) is 12.6 Å². The number of carbonyl (C=O) groups excluding carboxylic acids is 1. The predicted molar refractivity (Wildman–Crippen MR) is 57.0 cm³/mol. The predicted octanol–water partition coefficient (Wildman–Crippen LogP) is 1.28. The van der Waals surface area contributed by atoms with E-state index in [1.807, 2.05) is 0 Å². The minimum Gasteiger partial charge on any atom is -0.443 e. The average Bonchev–Trinajstić information content (AvgIpc) is 2.37. The summed E-state index contributed by atoms with van der Waals surface area (Å²) in [6.07, 6.45) is -0.834. The van der Waals surface area contributed by atoms with Crippen LogP contribution in [0.25, 0.3) is 0 Å². The molecule has 94 valence electrons. The summed E-state index contributed by atoms with van der Waals surface area (Å²) in [5, 5.41) is 0. The first-order valence-electron chi connectivity index (χ1n) is 5.09. The molecule has 0 unspecified atom stereocenters. The van der Waals surface area contributed by atoms with E-state index in [9.17, 15) is 13.2 Å². The molecule has 0 spiro atoms. The highest BCUT2D eigenvalue weighted by Gasteiger charge is 2.41. The zero-order chi connectivity index (χ0) is 12.6. The molecule has 0 bridgehead atoms. The molecular weight excluding hydrogens is 234 g/mol. The van der Waals surface area contributed by atoms with E-state index in [0.29, 0.717) is 10.7 Å². The fourth-order valence-corrected chi connectivity index (χ4v) is 2.42. The topological polar surface area (TPSA) is 72.9 Å². The molecule has 1 aliphatic rings. The Morgan fingerprint density at radius 3 is 2.44 bits per heavy atom. The van der Waals surface area contributed by atoms with Crippen LogP contribution in [0.1, 0.15) is 34.1 Å². The lowest BCUT2D eigenvalue weighted by Crippen LogP contribution is -2.38. The Morgan fingerprint density at radius 1 is 1.50 bits per heavy atom. The maximum atomic E-state index is 11.6. The van der Waals surface area contributed by atoms with Gasteiger partial charge in [0.15, 0.2) is 0 Å². The van der Waals surface area contributed by atoms with Crippen molar-refractivity contribution in [2.75, 3.05) is 6.54 Å². The second-order valence-electron chi connectivity index (χ2n) is 4.60. The van der Waals surface area contributed by atoms with Crippen molar-refractivity contribution in [1.29, 1.82) is 0 Å². The van der Waals surface area contributed by atoms with Crippen LogP contribution in [0.3, 0.4) is 0 Å². The lowest BCUT2D eigenvalue weighted by atomic mass is 10.2. The Balaban J connectivity index is 2.78. The molecule has 7 heteroatoms. The van der Waals surface area contributed by atoms with Crippen LogP contribution in [0.5, 0.6) is 0 Å². The van der Waals surface area contributed by atoms with E-state index in [4.69, 9.17) is 8.92 Å². The maximum Gasteiger partial charge on any atom is 0.425 e. The van der Waals surface area contributed by atoms with Crippen molar-refractivity contribution in [2.45, 2.75) is 45.8 Å². The van der Waals surface area contributed by atoms with Crippen LogP contribution in [0.2, 0.25) is 0 Å². The Morgan fingerprint density at radius 2 is 2.06 bits per heavy atom. The second-order valence-corrected chi connectivity index (χ2v) is 6.08. The molecule has 1 heterocycles. The third-order valence-electron chi connectivity index (χ3n) is 1.95. The van der Waals surface area contributed by atoms with E-state index in [1.165, 1.54) is 0 Å². The third-order valence-corrected chi connectivity index (χ3v) is 3.30. The summed E-state index contributed by atoms with van der Waals surface area (Å²) in [7, 11) is -3.96. The largest absolute Gasteiger partial charge is 0.443 e. The number of amides is 1. The standard InChI is InChI=1S/C9H17NO5S/c1-5-7-6-10(16(12,13)15-7)8(11)14-9(2,3)4/h7H,5-6H2,1-4H3/t7-/m1/s1. The van der Waals surface area contributed by atoms with Gasteiger partial charge in [-0.1, -0.05) is 6.92 Å². The molecule has 6 nitrogen and oxygen atoms in total. The van der Waals surface area contributed by atoms with Gasteiger partial charge in [0.1, 0.15) is 5.60 Å². The van der Waals surface area contributed by atoms with Crippen molar-refractivity contribution in [2.24, 2.45) is 0 Å². The van der Waals surface area contributed by atoms with Gasteiger partial charge in [-0.05, 0) is 27.2 Å². The molecular formula is C9H17NO5S. The van der Waals surface area contributed by atoms with Gasteiger partial charge in [0.2, 0.25) is 0 Å². The summed E-state index contributed by atoms with van der Waals surface area (Å²) in [5.74, 6) is 0. The lowest BCUT2D eigenvalue weighted by Gasteiger charge is -2.22. The van der Waals surface area contributed by atoms with Gasteiger partial charge in [0, 0.05) is 0 Å². The van der Waals surface area contributed by atoms with Crippen LogP contribution >= 0.6 is 0 Å². The van der Waals surface area contributed by atoms with E-state index in [1.54, 1.807) is 27.7 Å². The molecule has 0 N–H and O–H groups in total. The van der Waals surface area contributed by atoms with Gasteiger partial charge in [-0.2, -0.15) is 12.7 Å². The van der Waals surface area contributed by atoms with Crippen molar-refractivity contribution in [1.82, 2.24) is 4.31 Å². The van der Waals surface area contributed by atoms with Gasteiger partial charge < -0.3 is 4.74 Å². The summed E-state index contributed by atoms with van der Waals surface area (Å²) in [4.78, 5) is 11.6. The quantitative estimate of drug-likeness (QED) is 0.702. The van der Waals surface area contributed by atoms with Crippen molar-refractivity contribution in [3.63, 3.8) is 0 Å². The highest BCUT2D eigenvalue weighted by Crippen LogP contribution is 2.22. The molecule has 0 aromatic heterocycles. The Kier molecular flexibility index (Phi) is 3.49. The highest BCUT2D eigenvalue weighted by molar-refractivity contribution is 7.85. The SMILES string of the molecule is CC[C@@H]1CN(C(=O)OC(C)(C)C)S(=O)(=O)O1. The molecule has 0 aliphatic carbocycles. The minimum atomic E-state index is -3.96. The van der Waals surface area contributed by atoms with Crippen LogP contribution in [0, 0.1) is 0 Å². The van der Waals surface area contributed by atoms with Gasteiger partial charge in [0.25, 0.3) is 0 Å². The highest BCUT2D eigenvalue weighted by atomic mass is 32.2. The van der Waals surface area contributed by atoms with Crippen LogP contribution in [0.4, 0.5) is 4.79 Å². The normalized spacial score (nSPS) is 24.5. The summed E-state index contributed by atoms with van der Waals surface area (Å²) in [6.45, 7) is 6.83. The first-order valence-corrected chi connectivity index (χ1v) is 6.46. The summed E-state index contributed by atoms with van der Waals surface area (Å²) in [5.41, 5.74) is -0.725. The summed E-state index contributed by atoms with van der Waals surface area (Å²) >= 11 is 0. The molecule has 1 fully saturated rings. The molecule has 16 heavy (non-hydrogen) atoms. The zero-order valence-corrected chi connectivity index (χ0v) is 10.7. The van der Waals surface area contributed by atoms with E-state index in [2.05, 4.69) is 0 Å². The molecule has 0 radical (unpaired) electrons. The average molecular weight is 251 g/mol. The van der Waals surface area contributed by atoms with Gasteiger partial charge in [-0.25, -0.2) is 8.98 Å². The summed E-state index contributed by atoms with van der Waals surface area (Å²) < 4.78 is 33.3. The Hall–Kier alpha value is -0.820. The smallest absolute Gasteiger partial charge is 0.425 e. The van der Waals surface area contributed by atoms with E-state index in [0.717, 1.165) is 0 Å². The lowest BCUT2D eigenvalue weighted by molar-refractivity contribution is 0.0397. The molecule has 0 aromatic rings. The molecule has 1 rings (SSSR count). The fourth-order valence-electron chi connectivity index (χ4n) is 1.21. The van der Waals surface area contributed by atoms with Gasteiger partial charge in [-0.3, -0.25) is 0 Å².